The first-order chi connectivity index (χ1) is 4.95. The first-order valence-electron chi connectivity index (χ1n) is 2.54. The van der Waals surface area contributed by atoms with Crippen LogP contribution < -0.4 is 11.5 Å². The minimum atomic E-state index is -1.13. The molecule has 0 aromatic carbocycles. The first kappa shape index (κ1) is 9.15. The average molecular weight is 157 g/mol. The zero-order valence-electron chi connectivity index (χ0n) is 5.50. The van der Waals surface area contributed by atoms with Crippen LogP contribution >= 0.6 is 0 Å². The molecule has 0 radical (unpaired) electrons. The largest absolute Gasteiger partial charge is 0.505 e. The van der Waals surface area contributed by atoms with Gasteiger partial charge in [-0.05, 0) is 0 Å². The van der Waals surface area contributed by atoms with Crippen LogP contribution in [-0.4, -0.2) is 22.6 Å². The Morgan fingerprint density at radius 3 is 2.09 bits per heavy atom. The summed E-state index contributed by atoms with van der Waals surface area (Å²) in [7, 11) is 0. The van der Waals surface area contributed by atoms with Gasteiger partial charge in [-0.1, -0.05) is 0 Å². The van der Waals surface area contributed by atoms with E-state index in [2.05, 4.69) is 11.5 Å². The molecule has 0 unspecified atom stereocenters. The molecule has 0 aromatic heterocycles. The lowest BCUT2D eigenvalue weighted by molar-refractivity contribution is -0.113. The molecule has 0 fully saturated rings. The Morgan fingerprint density at radius 2 is 1.82 bits per heavy atom. The minimum absolute atomic E-state index is 0.535. The number of hydrogen-bond acceptors (Lipinski definition) is 4. The molecule has 6 N–H and O–H groups in total. The quantitative estimate of drug-likeness (QED) is 0.224. The highest BCUT2D eigenvalue weighted by Crippen LogP contribution is 1.89. The van der Waals surface area contributed by atoms with E-state index in [-0.39, 0.29) is 0 Å². The number of primary amides is 2. The summed E-state index contributed by atoms with van der Waals surface area (Å²) in [5.74, 6) is -2.90. The summed E-state index contributed by atoms with van der Waals surface area (Å²) in [5.41, 5.74) is 8.36. The smallest absolute Gasteiger partial charge is 0.270 e. The molecule has 0 aliphatic rings. The number of carbonyl (C=O) groups is 2. The predicted octanol–water partition coefficient (Wildman–Crippen LogP) is -1.58. The van der Waals surface area contributed by atoms with Crippen LogP contribution in [0.15, 0.2) is 11.8 Å². The van der Waals surface area contributed by atoms with Gasteiger partial charge in [-0.2, -0.15) is 0 Å². The lowest BCUT2D eigenvalue weighted by Crippen LogP contribution is -2.25. The number of aliphatic hydroxyl groups is 1. The number of nitrogens with one attached hydrogen (secondary N) is 1. The van der Waals surface area contributed by atoms with Gasteiger partial charge in [0.15, 0.2) is 11.5 Å². The molecule has 0 aliphatic carbocycles. The van der Waals surface area contributed by atoms with Crippen molar-refractivity contribution < 1.29 is 14.7 Å². The van der Waals surface area contributed by atoms with Gasteiger partial charge in [-0.25, -0.2) is 0 Å². The van der Waals surface area contributed by atoms with Gasteiger partial charge >= 0.3 is 0 Å². The van der Waals surface area contributed by atoms with E-state index in [1.165, 1.54) is 0 Å². The fourth-order valence-corrected chi connectivity index (χ4v) is 0.333. The topological polar surface area (TPSA) is 130 Å². The molecule has 2 amide bonds. The maximum atomic E-state index is 10.2. The molecule has 0 atom stereocenters. The fourth-order valence-electron chi connectivity index (χ4n) is 0.333. The van der Waals surface area contributed by atoms with Gasteiger partial charge in [-0.15, -0.1) is 0 Å². The van der Waals surface area contributed by atoms with E-state index >= 15 is 0 Å². The average Bonchev–Trinajstić information content (AvgIpc) is 1.84. The third kappa shape index (κ3) is 2.99. The summed E-state index contributed by atoms with van der Waals surface area (Å²) in [6, 6.07) is 0. The van der Waals surface area contributed by atoms with Crippen LogP contribution in [-0.2, 0) is 9.59 Å². The van der Waals surface area contributed by atoms with Gasteiger partial charge in [0.2, 0.25) is 5.91 Å². The summed E-state index contributed by atoms with van der Waals surface area (Å²) < 4.78 is 0. The number of hydrogen-bond donors (Lipinski definition) is 4. The maximum Gasteiger partial charge on any atom is 0.270 e. The highest BCUT2D eigenvalue weighted by atomic mass is 16.3. The molecule has 0 heterocycles. The van der Waals surface area contributed by atoms with E-state index in [1.807, 2.05) is 0 Å². The Bertz CT molecular complexity index is 243. The Kier molecular flexibility index (Phi) is 2.79. The van der Waals surface area contributed by atoms with Crippen LogP contribution in [0.25, 0.3) is 0 Å². The van der Waals surface area contributed by atoms with Crippen molar-refractivity contribution >= 4 is 17.5 Å². The summed E-state index contributed by atoms with van der Waals surface area (Å²) in [4.78, 5) is 20.2. The monoisotopic (exact) mass is 157 g/mol. The second kappa shape index (κ2) is 3.35. The van der Waals surface area contributed by atoms with E-state index in [0.29, 0.717) is 6.08 Å². The van der Waals surface area contributed by atoms with Crippen molar-refractivity contribution in [1.29, 1.82) is 5.41 Å². The number of aliphatic hydroxyl groups excluding tert-OH is 1. The predicted molar refractivity (Wildman–Crippen MR) is 36.8 cm³/mol. The Morgan fingerprint density at radius 1 is 1.36 bits per heavy atom. The summed E-state index contributed by atoms with van der Waals surface area (Å²) in [6.45, 7) is 0. The molecule has 0 aliphatic heterocycles. The van der Waals surface area contributed by atoms with Crippen molar-refractivity contribution in [3.63, 3.8) is 0 Å². The third-order valence-corrected chi connectivity index (χ3v) is 0.782. The molecule has 0 aromatic rings. The van der Waals surface area contributed by atoms with E-state index in [0.717, 1.165) is 0 Å². The second-order valence-corrected chi connectivity index (χ2v) is 1.67. The van der Waals surface area contributed by atoms with Crippen LogP contribution in [0.5, 0.6) is 0 Å². The van der Waals surface area contributed by atoms with Gasteiger partial charge in [-0.3, -0.25) is 15.0 Å². The Hall–Kier alpha value is -1.85. The molecule has 6 nitrogen and oxygen atoms in total. The zero-order chi connectivity index (χ0) is 9.02. The first-order valence-corrected chi connectivity index (χ1v) is 2.54. The summed E-state index contributed by atoms with van der Waals surface area (Å²) in [6.07, 6.45) is 0.535. The maximum absolute atomic E-state index is 10.2. The van der Waals surface area contributed by atoms with Crippen molar-refractivity contribution in [2.24, 2.45) is 11.5 Å². The van der Waals surface area contributed by atoms with E-state index in [4.69, 9.17) is 10.5 Å². The number of rotatable bonds is 3. The standard InChI is InChI=1S/C5H7N3O3/c6-3(10)1-2(9)4(7)5(8)11/h1,7,9H,(H2,6,10)(H2,8,11)/b2-1+,7-4?. The molecule has 0 bridgehead atoms. The van der Waals surface area contributed by atoms with Crippen LogP contribution in [0.2, 0.25) is 0 Å². The number of carbonyl (C=O) groups excluding carboxylic acids is 2. The molecule has 0 rings (SSSR count). The number of amides is 2. The molecular formula is C5H7N3O3. The number of nitrogens with two attached hydrogens (primary N) is 2. The van der Waals surface area contributed by atoms with Crippen molar-refractivity contribution in [2.45, 2.75) is 0 Å². The lowest BCUT2D eigenvalue weighted by atomic mass is 10.3. The van der Waals surface area contributed by atoms with Crippen LogP contribution in [0.4, 0.5) is 0 Å². The fraction of sp³-hybridized carbons (Fsp3) is 0. The van der Waals surface area contributed by atoms with Crippen molar-refractivity contribution in [1.82, 2.24) is 0 Å². The van der Waals surface area contributed by atoms with Gasteiger partial charge in [0.25, 0.3) is 5.91 Å². The Balaban J connectivity index is 4.49. The Labute approximate surface area is 62.0 Å². The molecule has 6 heteroatoms. The van der Waals surface area contributed by atoms with Crippen molar-refractivity contribution in [3.05, 3.63) is 11.8 Å². The molecular weight excluding hydrogens is 150 g/mol. The molecule has 0 saturated carbocycles. The van der Waals surface area contributed by atoms with Crippen LogP contribution in [0.3, 0.4) is 0 Å². The van der Waals surface area contributed by atoms with Crippen molar-refractivity contribution in [3.8, 4) is 0 Å². The highest BCUT2D eigenvalue weighted by molar-refractivity contribution is 6.43. The van der Waals surface area contributed by atoms with E-state index < -0.39 is 23.3 Å². The summed E-state index contributed by atoms with van der Waals surface area (Å²) >= 11 is 0. The SMILES string of the molecule is N=C(C(N)=O)/C(O)=C\C(N)=O. The normalized spacial score (nSPS) is 10.7. The van der Waals surface area contributed by atoms with Gasteiger partial charge < -0.3 is 16.6 Å². The van der Waals surface area contributed by atoms with E-state index in [1.54, 1.807) is 0 Å². The van der Waals surface area contributed by atoms with Gasteiger partial charge in [0.1, 0.15) is 0 Å². The van der Waals surface area contributed by atoms with Crippen LogP contribution in [0, 0.1) is 5.41 Å². The summed E-state index contributed by atoms with van der Waals surface area (Å²) in [5, 5.41) is 15.4. The molecule has 0 spiro atoms. The minimum Gasteiger partial charge on any atom is -0.505 e. The molecule has 0 saturated heterocycles. The molecule has 11 heavy (non-hydrogen) atoms. The second-order valence-electron chi connectivity index (χ2n) is 1.67. The van der Waals surface area contributed by atoms with Crippen molar-refractivity contribution in [2.75, 3.05) is 0 Å². The zero-order valence-corrected chi connectivity index (χ0v) is 5.50. The third-order valence-electron chi connectivity index (χ3n) is 0.782. The van der Waals surface area contributed by atoms with E-state index in [9.17, 15) is 9.59 Å². The van der Waals surface area contributed by atoms with Crippen LogP contribution in [0.1, 0.15) is 0 Å². The molecule has 60 valence electrons. The lowest BCUT2D eigenvalue weighted by Gasteiger charge is -1.94. The van der Waals surface area contributed by atoms with Gasteiger partial charge in [0.05, 0.1) is 0 Å². The highest BCUT2D eigenvalue weighted by Gasteiger charge is 2.09. The van der Waals surface area contributed by atoms with Gasteiger partial charge in [0, 0.05) is 6.08 Å².